The van der Waals surface area contributed by atoms with Gasteiger partial charge >= 0.3 is 0 Å². The van der Waals surface area contributed by atoms with Gasteiger partial charge in [-0.25, -0.2) is 0 Å². The molecule has 0 spiro atoms. The molecule has 1 fully saturated rings. The highest BCUT2D eigenvalue weighted by Gasteiger charge is 2.27. The molecule has 6 heteroatoms. The molecule has 0 radical (unpaired) electrons. The lowest BCUT2D eigenvalue weighted by Crippen LogP contribution is -2.50. The van der Waals surface area contributed by atoms with Crippen LogP contribution in [0.2, 0.25) is 0 Å². The van der Waals surface area contributed by atoms with Crippen molar-refractivity contribution in [3.63, 3.8) is 0 Å². The lowest BCUT2D eigenvalue weighted by Gasteiger charge is -2.37. The Bertz CT molecular complexity index is 1180. The summed E-state index contributed by atoms with van der Waals surface area (Å²) in [5.41, 5.74) is 4.15. The third-order valence-corrected chi connectivity index (χ3v) is 6.31. The van der Waals surface area contributed by atoms with Crippen LogP contribution in [0.5, 0.6) is 0 Å². The van der Waals surface area contributed by atoms with Crippen LogP contribution in [0.1, 0.15) is 45.8 Å². The number of rotatable bonds is 5. The van der Waals surface area contributed by atoms with E-state index < -0.39 is 0 Å². The smallest absolute Gasteiger partial charge is 0.259 e. The number of piperazine rings is 1. The van der Waals surface area contributed by atoms with Crippen molar-refractivity contribution in [2.24, 2.45) is 0 Å². The molecule has 0 unspecified atom stereocenters. The standard InChI is InChI=1S/C26H31N3O3/c1-5-22-25(24(30)16-19(3)29(22)17-21-11-10-20(4)32-21)26(31)28-14-12-27(13-15-28)23-9-7-6-8-18(23)2/h6-11,16H,5,12-15,17H2,1-4H3. The molecular formula is C26H31N3O3. The summed E-state index contributed by atoms with van der Waals surface area (Å²) in [7, 11) is 0. The normalized spacial score (nSPS) is 14.1. The van der Waals surface area contributed by atoms with Crippen LogP contribution in [-0.2, 0) is 13.0 Å². The molecule has 1 aliphatic heterocycles. The summed E-state index contributed by atoms with van der Waals surface area (Å²) < 4.78 is 7.79. The Morgan fingerprint density at radius 1 is 1.00 bits per heavy atom. The number of hydrogen-bond donors (Lipinski definition) is 0. The summed E-state index contributed by atoms with van der Waals surface area (Å²) in [5, 5.41) is 0. The number of pyridine rings is 1. The SMILES string of the molecule is CCc1c(C(=O)N2CCN(c3ccccc3C)CC2)c(=O)cc(C)n1Cc1ccc(C)o1. The van der Waals surface area contributed by atoms with Gasteiger partial charge in [0.05, 0.1) is 6.54 Å². The minimum atomic E-state index is -0.197. The predicted molar refractivity (Wildman–Crippen MR) is 127 cm³/mol. The van der Waals surface area contributed by atoms with Crippen molar-refractivity contribution in [3.05, 3.63) is 86.7 Å². The lowest BCUT2D eigenvalue weighted by molar-refractivity contribution is 0.0743. The van der Waals surface area contributed by atoms with Gasteiger partial charge in [-0.1, -0.05) is 25.1 Å². The summed E-state index contributed by atoms with van der Waals surface area (Å²) in [4.78, 5) is 30.6. The van der Waals surface area contributed by atoms with E-state index >= 15 is 0 Å². The van der Waals surface area contributed by atoms with Crippen LogP contribution in [-0.4, -0.2) is 41.6 Å². The van der Waals surface area contributed by atoms with Gasteiger partial charge in [-0.2, -0.15) is 0 Å². The second kappa shape index (κ2) is 9.07. The predicted octanol–water partition coefficient (Wildman–Crippen LogP) is 3.94. The highest BCUT2D eigenvalue weighted by Crippen LogP contribution is 2.22. The van der Waals surface area contributed by atoms with E-state index in [1.54, 1.807) is 6.07 Å². The molecule has 3 aromatic rings. The molecule has 0 N–H and O–H groups in total. The van der Waals surface area contributed by atoms with E-state index in [4.69, 9.17) is 4.42 Å². The largest absolute Gasteiger partial charge is 0.464 e. The van der Waals surface area contributed by atoms with E-state index in [0.29, 0.717) is 31.6 Å². The molecule has 1 saturated heterocycles. The fourth-order valence-corrected chi connectivity index (χ4v) is 4.60. The Hall–Kier alpha value is -3.28. The van der Waals surface area contributed by atoms with Crippen LogP contribution in [0.15, 0.2) is 51.7 Å². The van der Waals surface area contributed by atoms with Crippen LogP contribution in [0.3, 0.4) is 0 Å². The first-order chi connectivity index (χ1) is 15.4. The summed E-state index contributed by atoms with van der Waals surface area (Å²) in [6.07, 6.45) is 0.598. The Morgan fingerprint density at radius 3 is 2.34 bits per heavy atom. The number of furan rings is 1. The molecule has 168 valence electrons. The van der Waals surface area contributed by atoms with E-state index in [1.807, 2.05) is 54.5 Å². The van der Waals surface area contributed by atoms with E-state index in [-0.39, 0.29) is 11.3 Å². The van der Waals surface area contributed by atoms with Gasteiger partial charge in [0.2, 0.25) is 0 Å². The van der Waals surface area contributed by atoms with Gasteiger partial charge in [-0.3, -0.25) is 9.59 Å². The van der Waals surface area contributed by atoms with Crippen LogP contribution in [0.25, 0.3) is 0 Å². The molecule has 4 rings (SSSR count). The van der Waals surface area contributed by atoms with Gasteiger partial charge in [0.15, 0.2) is 5.43 Å². The molecule has 0 bridgehead atoms. The second-order valence-corrected chi connectivity index (χ2v) is 8.49. The fraction of sp³-hybridized carbons (Fsp3) is 0.385. The molecule has 1 aromatic carbocycles. The van der Waals surface area contributed by atoms with E-state index in [2.05, 4.69) is 24.0 Å². The highest BCUT2D eigenvalue weighted by molar-refractivity contribution is 5.95. The zero-order chi connectivity index (χ0) is 22.8. The van der Waals surface area contributed by atoms with Gasteiger partial charge < -0.3 is 18.8 Å². The molecule has 6 nitrogen and oxygen atoms in total. The van der Waals surface area contributed by atoms with Crippen molar-refractivity contribution in [2.45, 2.75) is 40.7 Å². The number of para-hydroxylation sites is 1. The van der Waals surface area contributed by atoms with Crippen molar-refractivity contribution in [3.8, 4) is 0 Å². The first-order valence-electron chi connectivity index (χ1n) is 11.3. The fourth-order valence-electron chi connectivity index (χ4n) is 4.60. The molecular weight excluding hydrogens is 402 g/mol. The van der Waals surface area contributed by atoms with Gasteiger partial charge in [0.1, 0.15) is 17.1 Å². The molecule has 3 heterocycles. The number of aromatic nitrogens is 1. The molecule has 0 atom stereocenters. The van der Waals surface area contributed by atoms with Crippen LogP contribution < -0.4 is 10.3 Å². The zero-order valence-electron chi connectivity index (χ0n) is 19.4. The van der Waals surface area contributed by atoms with Crippen molar-refractivity contribution in [1.82, 2.24) is 9.47 Å². The number of carbonyl (C=O) groups excluding carboxylic acids is 1. The minimum Gasteiger partial charge on any atom is -0.464 e. The van der Waals surface area contributed by atoms with Crippen molar-refractivity contribution in [2.75, 3.05) is 31.1 Å². The number of nitrogens with zero attached hydrogens (tertiary/aromatic N) is 3. The van der Waals surface area contributed by atoms with Crippen molar-refractivity contribution in [1.29, 1.82) is 0 Å². The van der Waals surface area contributed by atoms with Crippen molar-refractivity contribution >= 4 is 11.6 Å². The highest BCUT2D eigenvalue weighted by atomic mass is 16.3. The molecule has 32 heavy (non-hydrogen) atoms. The van der Waals surface area contributed by atoms with Crippen molar-refractivity contribution < 1.29 is 9.21 Å². The summed E-state index contributed by atoms with van der Waals surface area (Å²) >= 11 is 0. The second-order valence-electron chi connectivity index (χ2n) is 8.49. The summed E-state index contributed by atoms with van der Waals surface area (Å²) in [6.45, 7) is 11.1. The van der Waals surface area contributed by atoms with E-state index in [1.165, 1.54) is 11.3 Å². The maximum absolute atomic E-state index is 13.5. The monoisotopic (exact) mass is 433 g/mol. The number of benzene rings is 1. The Balaban J connectivity index is 1.59. The molecule has 1 aliphatic rings. The first kappa shape index (κ1) is 21.9. The average molecular weight is 434 g/mol. The molecule has 2 aromatic heterocycles. The summed E-state index contributed by atoms with van der Waals surface area (Å²) in [6, 6.07) is 13.8. The molecule has 1 amide bonds. The van der Waals surface area contributed by atoms with Gasteiger partial charge in [-0.15, -0.1) is 0 Å². The van der Waals surface area contributed by atoms with Crippen LogP contribution in [0.4, 0.5) is 5.69 Å². The summed E-state index contributed by atoms with van der Waals surface area (Å²) in [5.74, 6) is 1.49. The molecule has 0 aliphatic carbocycles. The maximum atomic E-state index is 13.5. The van der Waals surface area contributed by atoms with Crippen LogP contribution in [0, 0.1) is 20.8 Å². The van der Waals surface area contributed by atoms with Gasteiger partial charge in [-0.05, 0) is 51.0 Å². The van der Waals surface area contributed by atoms with Gasteiger partial charge in [0, 0.05) is 49.3 Å². The quantitative estimate of drug-likeness (QED) is 0.612. The average Bonchev–Trinajstić information content (AvgIpc) is 3.20. The number of anilines is 1. The zero-order valence-corrected chi connectivity index (χ0v) is 19.4. The topological polar surface area (TPSA) is 58.7 Å². The first-order valence-corrected chi connectivity index (χ1v) is 11.3. The maximum Gasteiger partial charge on any atom is 0.259 e. The lowest BCUT2D eigenvalue weighted by atomic mass is 10.1. The number of hydrogen-bond acceptors (Lipinski definition) is 4. The molecule has 0 saturated carbocycles. The van der Waals surface area contributed by atoms with Crippen LogP contribution >= 0.6 is 0 Å². The van der Waals surface area contributed by atoms with E-state index in [9.17, 15) is 9.59 Å². The Labute approximate surface area is 189 Å². The van der Waals surface area contributed by atoms with Gasteiger partial charge in [0.25, 0.3) is 5.91 Å². The number of amides is 1. The number of aryl methyl sites for hydroxylation is 3. The van der Waals surface area contributed by atoms with E-state index in [0.717, 1.165) is 36.0 Å². The Morgan fingerprint density at radius 2 is 1.72 bits per heavy atom. The Kier molecular flexibility index (Phi) is 6.21. The number of carbonyl (C=O) groups is 1. The minimum absolute atomic E-state index is 0.166. The third-order valence-electron chi connectivity index (χ3n) is 6.31. The third kappa shape index (κ3) is 4.22.